The summed E-state index contributed by atoms with van der Waals surface area (Å²) in [4.78, 5) is 25.3. The molecule has 2 aliphatic rings. The Bertz CT molecular complexity index is 805. The van der Waals surface area contributed by atoms with Gasteiger partial charge < -0.3 is 15.3 Å². The molecule has 3 rings (SSSR count). The van der Waals surface area contributed by atoms with E-state index in [0.29, 0.717) is 32.5 Å². The summed E-state index contributed by atoms with van der Waals surface area (Å²) < 4.78 is 27.4. The fourth-order valence-corrected chi connectivity index (χ4v) is 5.26. The highest BCUT2D eigenvalue weighted by Crippen LogP contribution is 2.27. The Hall–Kier alpha value is -2.13. The van der Waals surface area contributed by atoms with Crippen molar-refractivity contribution in [2.45, 2.75) is 37.0 Å². The summed E-state index contributed by atoms with van der Waals surface area (Å²) in [5.41, 5.74) is 0.227. The molecule has 8 nitrogen and oxygen atoms in total. The van der Waals surface area contributed by atoms with Crippen LogP contribution in [0.25, 0.3) is 0 Å². The molecule has 148 valence electrons. The number of carboxylic acid groups (broad SMARTS) is 1. The molecule has 2 saturated heterocycles. The fraction of sp³-hybridized carbons (Fsp3) is 0.556. The number of rotatable bonds is 4. The van der Waals surface area contributed by atoms with E-state index < -0.39 is 27.9 Å². The van der Waals surface area contributed by atoms with Gasteiger partial charge in [0.25, 0.3) is 0 Å². The summed E-state index contributed by atoms with van der Waals surface area (Å²) in [6, 6.07) is 5.89. The normalized spacial score (nSPS) is 21.6. The van der Waals surface area contributed by atoms with Crippen molar-refractivity contribution in [1.29, 1.82) is 0 Å². The van der Waals surface area contributed by atoms with Crippen LogP contribution in [-0.4, -0.2) is 60.9 Å². The molecule has 0 spiro atoms. The van der Waals surface area contributed by atoms with Gasteiger partial charge in [-0.15, -0.1) is 0 Å². The molecule has 1 aromatic carbocycles. The Balaban J connectivity index is 1.78. The molecule has 2 N–H and O–H groups in total. The van der Waals surface area contributed by atoms with E-state index >= 15 is 0 Å². The number of likely N-dealkylation sites (tertiary alicyclic amines) is 1. The number of para-hydroxylation sites is 1. The van der Waals surface area contributed by atoms with Crippen LogP contribution < -0.4 is 5.32 Å². The van der Waals surface area contributed by atoms with Gasteiger partial charge in [-0.05, 0) is 37.8 Å². The van der Waals surface area contributed by atoms with Crippen molar-refractivity contribution >= 4 is 27.7 Å². The maximum atomic E-state index is 13.0. The molecule has 0 radical (unpaired) electrons. The van der Waals surface area contributed by atoms with Crippen LogP contribution in [0.3, 0.4) is 0 Å². The summed E-state index contributed by atoms with van der Waals surface area (Å²) in [6.07, 6.45) is 3.83. The zero-order chi connectivity index (χ0) is 19.4. The largest absolute Gasteiger partial charge is 0.481 e. The topological polar surface area (TPSA) is 107 Å². The first-order valence-corrected chi connectivity index (χ1v) is 10.7. The minimum atomic E-state index is -3.69. The summed E-state index contributed by atoms with van der Waals surface area (Å²) in [5.74, 6) is -1.50. The smallest absolute Gasteiger partial charge is 0.321 e. The van der Waals surface area contributed by atoms with Gasteiger partial charge in [0.15, 0.2) is 0 Å². The lowest BCUT2D eigenvalue weighted by Crippen LogP contribution is -2.44. The Kier molecular flexibility index (Phi) is 6.01. The number of hydrogen-bond donors (Lipinski definition) is 2. The van der Waals surface area contributed by atoms with Crippen molar-refractivity contribution in [1.82, 2.24) is 9.21 Å². The van der Waals surface area contributed by atoms with Gasteiger partial charge in [-0.2, -0.15) is 4.31 Å². The molecule has 1 aromatic rings. The van der Waals surface area contributed by atoms with Crippen LogP contribution in [0.2, 0.25) is 0 Å². The summed E-state index contributed by atoms with van der Waals surface area (Å²) in [7, 11) is -3.69. The van der Waals surface area contributed by atoms with Crippen molar-refractivity contribution in [3.63, 3.8) is 0 Å². The fourth-order valence-electron chi connectivity index (χ4n) is 3.60. The summed E-state index contributed by atoms with van der Waals surface area (Å²) in [6.45, 7) is 1.55. The van der Waals surface area contributed by atoms with Gasteiger partial charge in [-0.3, -0.25) is 4.79 Å². The number of carbonyl (C=O) groups excluding carboxylic acids is 1. The third-order valence-corrected chi connectivity index (χ3v) is 7.08. The molecule has 0 saturated carbocycles. The minimum Gasteiger partial charge on any atom is -0.481 e. The van der Waals surface area contributed by atoms with Crippen molar-refractivity contribution in [3.05, 3.63) is 24.3 Å². The van der Waals surface area contributed by atoms with Gasteiger partial charge in [0.05, 0.1) is 11.6 Å². The zero-order valence-electron chi connectivity index (χ0n) is 15.1. The first-order chi connectivity index (χ1) is 12.9. The second kappa shape index (κ2) is 8.26. The molecule has 2 heterocycles. The minimum absolute atomic E-state index is 0.0760. The predicted octanol–water partition coefficient (Wildman–Crippen LogP) is 2.19. The van der Waals surface area contributed by atoms with E-state index in [0.717, 1.165) is 19.3 Å². The Morgan fingerprint density at radius 3 is 2.44 bits per heavy atom. The Labute approximate surface area is 159 Å². The summed E-state index contributed by atoms with van der Waals surface area (Å²) >= 11 is 0. The van der Waals surface area contributed by atoms with E-state index in [4.69, 9.17) is 0 Å². The highest BCUT2D eigenvalue weighted by Gasteiger charge is 2.31. The van der Waals surface area contributed by atoms with Crippen LogP contribution in [0.5, 0.6) is 0 Å². The van der Waals surface area contributed by atoms with E-state index in [2.05, 4.69) is 5.32 Å². The van der Waals surface area contributed by atoms with E-state index in [1.54, 1.807) is 18.2 Å². The summed E-state index contributed by atoms with van der Waals surface area (Å²) in [5, 5.41) is 11.9. The highest BCUT2D eigenvalue weighted by molar-refractivity contribution is 7.89. The third-order valence-electron chi connectivity index (χ3n) is 5.12. The zero-order valence-corrected chi connectivity index (χ0v) is 16.0. The van der Waals surface area contributed by atoms with E-state index in [1.165, 1.54) is 15.3 Å². The van der Waals surface area contributed by atoms with Crippen LogP contribution in [0.15, 0.2) is 29.2 Å². The van der Waals surface area contributed by atoms with Gasteiger partial charge >= 0.3 is 12.0 Å². The quantitative estimate of drug-likeness (QED) is 0.813. The van der Waals surface area contributed by atoms with Gasteiger partial charge in [-0.1, -0.05) is 18.6 Å². The molecule has 2 amide bonds. The van der Waals surface area contributed by atoms with Gasteiger partial charge in [0.2, 0.25) is 10.0 Å². The standard InChI is InChI=1S/C18H25N3O5S/c22-17(23)14-7-6-10-20(13-14)18(24)19-15-8-2-3-9-16(15)27(25,26)21-11-4-1-5-12-21/h2-3,8-9,14H,1,4-7,10-13H2,(H,19,24)(H,22,23). The number of carbonyl (C=O) groups is 2. The molecule has 0 bridgehead atoms. The average molecular weight is 395 g/mol. The SMILES string of the molecule is O=C(O)C1CCCN(C(=O)Nc2ccccc2S(=O)(=O)N2CCCCC2)C1. The molecule has 1 atom stereocenters. The number of amides is 2. The first kappa shape index (κ1) is 19.6. The number of carboxylic acids is 1. The molecule has 27 heavy (non-hydrogen) atoms. The van der Waals surface area contributed by atoms with E-state index in [-0.39, 0.29) is 17.1 Å². The van der Waals surface area contributed by atoms with Crippen LogP contribution in [0, 0.1) is 5.92 Å². The molecule has 9 heteroatoms. The van der Waals surface area contributed by atoms with E-state index in [1.807, 2.05) is 0 Å². The van der Waals surface area contributed by atoms with Crippen molar-refractivity contribution in [2.75, 3.05) is 31.5 Å². The lowest BCUT2D eigenvalue weighted by Gasteiger charge is -2.31. The molecule has 2 fully saturated rings. The lowest BCUT2D eigenvalue weighted by molar-refractivity contribution is -0.143. The van der Waals surface area contributed by atoms with Gasteiger partial charge in [0.1, 0.15) is 4.90 Å². The third kappa shape index (κ3) is 4.41. The molecule has 2 aliphatic heterocycles. The number of piperidine rings is 2. The maximum absolute atomic E-state index is 13.0. The molecule has 0 aliphatic carbocycles. The van der Waals surface area contributed by atoms with Crippen molar-refractivity contribution in [3.8, 4) is 0 Å². The second-order valence-corrected chi connectivity index (χ2v) is 8.92. The Morgan fingerprint density at radius 2 is 1.74 bits per heavy atom. The Morgan fingerprint density at radius 1 is 1.04 bits per heavy atom. The highest BCUT2D eigenvalue weighted by atomic mass is 32.2. The number of benzene rings is 1. The molecule has 1 unspecified atom stereocenters. The maximum Gasteiger partial charge on any atom is 0.321 e. The average Bonchev–Trinajstić information content (AvgIpc) is 2.69. The van der Waals surface area contributed by atoms with Gasteiger partial charge in [-0.25, -0.2) is 13.2 Å². The lowest BCUT2D eigenvalue weighted by atomic mass is 9.99. The predicted molar refractivity (Wildman–Crippen MR) is 100 cm³/mol. The molecular formula is C18H25N3O5S. The number of anilines is 1. The van der Waals surface area contributed by atoms with Gasteiger partial charge in [0, 0.05) is 26.2 Å². The monoisotopic (exact) mass is 395 g/mol. The van der Waals surface area contributed by atoms with E-state index in [9.17, 15) is 23.1 Å². The molecular weight excluding hydrogens is 370 g/mol. The van der Waals surface area contributed by atoms with Crippen molar-refractivity contribution in [2.24, 2.45) is 5.92 Å². The molecule has 0 aromatic heterocycles. The number of nitrogens with one attached hydrogen (secondary N) is 1. The second-order valence-electron chi connectivity index (χ2n) is 7.01. The van der Waals surface area contributed by atoms with Crippen LogP contribution in [0.1, 0.15) is 32.1 Å². The number of hydrogen-bond acceptors (Lipinski definition) is 4. The first-order valence-electron chi connectivity index (χ1n) is 9.27. The number of urea groups is 1. The van der Waals surface area contributed by atoms with Crippen molar-refractivity contribution < 1.29 is 23.1 Å². The van der Waals surface area contributed by atoms with Crippen LogP contribution in [-0.2, 0) is 14.8 Å². The van der Waals surface area contributed by atoms with Crippen LogP contribution in [0.4, 0.5) is 10.5 Å². The number of aliphatic carboxylic acids is 1. The number of nitrogens with zero attached hydrogens (tertiary/aromatic N) is 2. The van der Waals surface area contributed by atoms with Crippen LogP contribution >= 0.6 is 0 Å². The number of sulfonamides is 1.